The largest absolute Gasteiger partial charge is 0.506 e. The van der Waals surface area contributed by atoms with Gasteiger partial charge in [0.05, 0.1) is 4.47 Å². The minimum Gasteiger partial charge on any atom is -0.506 e. The Morgan fingerprint density at radius 3 is 2.52 bits per heavy atom. The van der Waals surface area contributed by atoms with Crippen molar-refractivity contribution >= 4 is 15.9 Å². The summed E-state index contributed by atoms with van der Waals surface area (Å²) in [5.41, 5.74) is 5.32. The summed E-state index contributed by atoms with van der Waals surface area (Å²) >= 11 is 3.64. The molecule has 21 heavy (non-hydrogen) atoms. The van der Waals surface area contributed by atoms with Crippen molar-refractivity contribution in [3.63, 3.8) is 0 Å². The van der Waals surface area contributed by atoms with Crippen LogP contribution in [0.15, 0.2) is 4.47 Å². The molecule has 1 aromatic carbocycles. The summed E-state index contributed by atoms with van der Waals surface area (Å²) in [7, 11) is 0. The van der Waals surface area contributed by atoms with Gasteiger partial charge in [0.1, 0.15) is 5.75 Å². The molecular weight excluding hydrogens is 328 g/mol. The van der Waals surface area contributed by atoms with E-state index in [0.29, 0.717) is 5.75 Å². The SMILES string of the molecule is Cc1c(CCN2CCNCC2)c(O)c(Br)c2c1CCCC2. The van der Waals surface area contributed by atoms with E-state index in [1.165, 1.54) is 36.0 Å². The number of nitrogens with one attached hydrogen (secondary N) is 1. The number of hydrogen-bond acceptors (Lipinski definition) is 3. The molecular formula is C17H25BrN2O. The van der Waals surface area contributed by atoms with Crippen molar-refractivity contribution in [2.24, 2.45) is 0 Å². The normalized spacial score (nSPS) is 19.5. The van der Waals surface area contributed by atoms with Gasteiger partial charge in [0, 0.05) is 32.7 Å². The summed E-state index contributed by atoms with van der Waals surface area (Å²) in [5, 5.41) is 14.0. The highest BCUT2D eigenvalue weighted by atomic mass is 79.9. The Hall–Kier alpha value is -0.580. The highest BCUT2D eigenvalue weighted by Gasteiger charge is 2.22. The Bertz CT molecular complexity index is 524. The lowest BCUT2D eigenvalue weighted by Gasteiger charge is -2.28. The van der Waals surface area contributed by atoms with E-state index in [1.807, 2.05) is 0 Å². The lowest BCUT2D eigenvalue weighted by Crippen LogP contribution is -2.44. The number of halogens is 1. The molecule has 0 saturated carbocycles. The van der Waals surface area contributed by atoms with E-state index in [9.17, 15) is 5.11 Å². The number of nitrogens with zero attached hydrogens (tertiary/aromatic N) is 1. The number of fused-ring (bicyclic) bond motifs is 1. The van der Waals surface area contributed by atoms with Crippen LogP contribution in [0.5, 0.6) is 5.75 Å². The minimum atomic E-state index is 0.489. The molecule has 3 rings (SSSR count). The van der Waals surface area contributed by atoms with Crippen LogP contribution in [0.2, 0.25) is 0 Å². The molecule has 116 valence electrons. The van der Waals surface area contributed by atoms with Crippen LogP contribution in [0.3, 0.4) is 0 Å². The number of piperazine rings is 1. The van der Waals surface area contributed by atoms with Gasteiger partial charge in [0.25, 0.3) is 0 Å². The Kier molecular flexibility index (Phi) is 4.87. The van der Waals surface area contributed by atoms with Gasteiger partial charge in [-0.05, 0) is 77.2 Å². The molecule has 1 aliphatic heterocycles. The summed E-state index contributed by atoms with van der Waals surface area (Å²) in [4.78, 5) is 2.49. The standard InChI is InChI=1S/C17H25BrN2O/c1-12-13-4-2-3-5-15(13)16(18)17(21)14(12)6-9-20-10-7-19-8-11-20/h19,21H,2-11H2,1H3. The van der Waals surface area contributed by atoms with Gasteiger partial charge < -0.3 is 15.3 Å². The Balaban J connectivity index is 1.82. The van der Waals surface area contributed by atoms with Crippen LogP contribution in [0, 0.1) is 6.92 Å². The highest BCUT2D eigenvalue weighted by Crippen LogP contribution is 2.40. The number of rotatable bonds is 3. The zero-order valence-electron chi connectivity index (χ0n) is 12.8. The first-order valence-electron chi connectivity index (χ1n) is 8.13. The van der Waals surface area contributed by atoms with Crippen LogP contribution in [0.25, 0.3) is 0 Å². The first-order chi connectivity index (χ1) is 10.2. The monoisotopic (exact) mass is 352 g/mol. The van der Waals surface area contributed by atoms with Gasteiger partial charge in [0.2, 0.25) is 0 Å². The maximum Gasteiger partial charge on any atom is 0.133 e. The van der Waals surface area contributed by atoms with Gasteiger partial charge in [-0.1, -0.05) is 0 Å². The van der Waals surface area contributed by atoms with Crippen molar-refractivity contribution < 1.29 is 5.11 Å². The smallest absolute Gasteiger partial charge is 0.133 e. The molecule has 0 amide bonds. The number of phenolic OH excluding ortho intramolecular Hbond substituents is 1. The lowest BCUT2D eigenvalue weighted by molar-refractivity contribution is 0.243. The van der Waals surface area contributed by atoms with Gasteiger partial charge in [-0.25, -0.2) is 0 Å². The molecule has 0 radical (unpaired) electrons. The maximum atomic E-state index is 10.6. The number of benzene rings is 1. The average molecular weight is 353 g/mol. The molecule has 1 saturated heterocycles. The van der Waals surface area contributed by atoms with E-state index in [1.54, 1.807) is 0 Å². The molecule has 0 aromatic heterocycles. The maximum absolute atomic E-state index is 10.6. The van der Waals surface area contributed by atoms with Crippen LogP contribution in [0.4, 0.5) is 0 Å². The van der Waals surface area contributed by atoms with E-state index in [0.717, 1.165) is 55.6 Å². The fourth-order valence-corrected chi connectivity index (χ4v) is 4.38. The first-order valence-corrected chi connectivity index (χ1v) is 8.92. The number of phenols is 1. The van der Waals surface area contributed by atoms with Gasteiger partial charge in [-0.3, -0.25) is 0 Å². The zero-order chi connectivity index (χ0) is 14.8. The molecule has 0 unspecified atom stereocenters. The predicted molar refractivity (Wildman–Crippen MR) is 90.2 cm³/mol. The van der Waals surface area contributed by atoms with Crippen LogP contribution >= 0.6 is 15.9 Å². The van der Waals surface area contributed by atoms with Crippen molar-refractivity contribution in [1.29, 1.82) is 0 Å². The third kappa shape index (κ3) is 3.13. The van der Waals surface area contributed by atoms with Gasteiger partial charge in [-0.2, -0.15) is 0 Å². The molecule has 4 heteroatoms. The lowest BCUT2D eigenvalue weighted by atomic mass is 9.85. The van der Waals surface area contributed by atoms with Crippen LogP contribution in [-0.2, 0) is 19.3 Å². The Labute approximate surface area is 135 Å². The quantitative estimate of drug-likeness (QED) is 0.877. The summed E-state index contributed by atoms with van der Waals surface area (Å²) in [6.07, 6.45) is 5.74. The molecule has 1 heterocycles. The van der Waals surface area contributed by atoms with Gasteiger partial charge in [-0.15, -0.1) is 0 Å². The van der Waals surface area contributed by atoms with E-state index in [4.69, 9.17) is 0 Å². The van der Waals surface area contributed by atoms with Crippen molar-refractivity contribution in [2.75, 3.05) is 32.7 Å². The number of hydrogen-bond donors (Lipinski definition) is 2. The van der Waals surface area contributed by atoms with E-state index < -0.39 is 0 Å². The zero-order valence-corrected chi connectivity index (χ0v) is 14.4. The topological polar surface area (TPSA) is 35.5 Å². The molecule has 0 atom stereocenters. The summed E-state index contributed by atoms with van der Waals surface area (Å²) in [6.45, 7) is 7.64. The second kappa shape index (κ2) is 6.67. The van der Waals surface area contributed by atoms with Crippen molar-refractivity contribution in [1.82, 2.24) is 10.2 Å². The predicted octanol–water partition coefficient (Wildman–Crippen LogP) is 2.79. The Morgan fingerprint density at radius 1 is 1.14 bits per heavy atom. The molecule has 0 bridgehead atoms. The fraction of sp³-hybridized carbons (Fsp3) is 0.647. The Morgan fingerprint density at radius 2 is 1.81 bits per heavy atom. The summed E-state index contributed by atoms with van der Waals surface area (Å²) < 4.78 is 0.957. The second-order valence-corrected chi connectivity index (χ2v) is 7.06. The van der Waals surface area contributed by atoms with E-state index >= 15 is 0 Å². The van der Waals surface area contributed by atoms with Crippen molar-refractivity contribution in [2.45, 2.75) is 39.0 Å². The molecule has 2 aliphatic rings. The molecule has 1 aliphatic carbocycles. The molecule has 2 N–H and O–H groups in total. The molecule has 3 nitrogen and oxygen atoms in total. The average Bonchev–Trinajstić information content (AvgIpc) is 2.54. The second-order valence-electron chi connectivity index (χ2n) is 6.27. The van der Waals surface area contributed by atoms with Gasteiger partial charge >= 0.3 is 0 Å². The molecule has 1 aromatic rings. The summed E-state index contributed by atoms with van der Waals surface area (Å²) in [6, 6.07) is 0. The van der Waals surface area contributed by atoms with Crippen LogP contribution in [-0.4, -0.2) is 42.7 Å². The van der Waals surface area contributed by atoms with Gasteiger partial charge in [0.15, 0.2) is 0 Å². The third-order valence-electron chi connectivity index (χ3n) is 5.02. The molecule has 0 spiro atoms. The van der Waals surface area contributed by atoms with Crippen molar-refractivity contribution in [3.05, 3.63) is 26.7 Å². The van der Waals surface area contributed by atoms with E-state index in [2.05, 4.69) is 33.1 Å². The van der Waals surface area contributed by atoms with Crippen LogP contribution < -0.4 is 5.32 Å². The minimum absolute atomic E-state index is 0.489. The third-order valence-corrected chi connectivity index (χ3v) is 5.87. The first kappa shape index (κ1) is 15.3. The van der Waals surface area contributed by atoms with E-state index in [-0.39, 0.29) is 0 Å². The van der Waals surface area contributed by atoms with Crippen molar-refractivity contribution in [3.8, 4) is 5.75 Å². The molecule has 1 fully saturated rings. The fourth-order valence-electron chi connectivity index (χ4n) is 3.71. The highest BCUT2D eigenvalue weighted by molar-refractivity contribution is 9.10. The number of aromatic hydroxyl groups is 1. The summed E-state index contributed by atoms with van der Waals surface area (Å²) in [5.74, 6) is 0.489. The van der Waals surface area contributed by atoms with Crippen LogP contribution in [0.1, 0.15) is 35.1 Å².